The molecular weight excluding hydrogens is 252 g/mol. The van der Waals surface area contributed by atoms with Crippen molar-refractivity contribution in [3.05, 3.63) is 59.7 Å². The molecule has 0 aliphatic rings. The normalized spacial score (nSPS) is 10.0. The van der Waals surface area contributed by atoms with Gasteiger partial charge in [0.15, 0.2) is 0 Å². The van der Waals surface area contributed by atoms with Gasteiger partial charge in [0.05, 0.1) is 5.69 Å². The van der Waals surface area contributed by atoms with E-state index in [1.54, 1.807) is 12.1 Å². The van der Waals surface area contributed by atoms with Crippen molar-refractivity contribution in [3.8, 4) is 0 Å². The molecule has 0 saturated carbocycles. The van der Waals surface area contributed by atoms with Gasteiger partial charge in [0.2, 0.25) is 12.5 Å². The zero-order valence-electron chi connectivity index (χ0n) is 10.6. The molecule has 0 heterocycles. The molecule has 98 valence electrons. The quantitative estimate of drug-likeness (QED) is 0.389. The first-order chi connectivity index (χ1) is 9.81. The maximum absolute atomic E-state index is 10.3. The number of amides is 1. The monoisotopic (exact) mass is 264 g/mol. The van der Waals surface area contributed by atoms with Crippen LogP contribution in [0.3, 0.4) is 0 Å². The van der Waals surface area contributed by atoms with Crippen LogP contribution >= 0.6 is 0 Å². The third-order valence-electron chi connectivity index (χ3n) is 2.67. The van der Waals surface area contributed by atoms with Gasteiger partial charge in [0.1, 0.15) is 0 Å². The lowest BCUT2D eigenvalue weighted by molar-refractivity contribution is -0.105. The van der Waals surface area contributed by atoms with Crippen molar-refractivity contribution in [1.82, 2.24) is 0 Å². The van der Waals surface area contributed by atoms with Crippen LogP contribution in [-0.4, -0.2) is 12.5 Å². The number of hydrogen-bond donors (Lipinski definition) is 1. The van der Waals surface area contributed by atoms with Crippen LogP contribution in [-0.2, 0) is 9.59 Å². The average molecular weight is 264 g/mol. The van der Waals surface area contributed by atoms with Crippen LogP contribution in [0.15, 0.2) is 53.5 Å². The first kappa shape index (κ1) is 13.5. The molecule has 0 radical (unpaired) electrons. The third kappa shape index (κ3) is 3.77. The fourth-order valence-corrected chi connectivity index (χ4v) is 1.66. The van der Waals surface area contributed by atoms with Gasteiger partial charge in [-0.15, -0.1) is 0 Å². The maximum Gasteiger partial charge on any atom is 0.240 e. The second-order valence-corrected chi connectivity index (χ2v) is 4.01. The van der Waals surface area contributed by atoms with Gasteiger partial charge in [0.25, 0.3) is 0 Å². The van der Waals surface area contributed by atoms with Crippen LogP contribution in [0.5, 0.6) is 0 Å². The summed E-state index contributed by atoms with van der Waals surface area (Å²) in [5.74, 6) is 0. The first-order valence-electron chi connectivity index (χ1n) is 5.98. The van der Waals surface area contributed by atoms with Crippen LogP contribution < -0.4 is 5.32 Å². The molecule has 0 saturated heterocycles. The van der Waals surface area contributed by atoms with E-state index in [-0.39, 0.29) is 0 Å². The predicted octanol–water partition coefficient (Wildman–Crippen LogP) is 3.39. The standard InChI is InChI=1S/C16H12N2O2/c19-11-17-15-7-3-13(4-8-15)1-2-14-5-9-16(10-6-14)18-12-20/h1-11H,(H,17,19)/b2-1+. The Kier molecular flexibility index (Phi) is 4.60. The molecule has 0 aliphatic carbocycles. The van der Waals surface area contributed by atoms with E-state index in [0.717, 1.165) is 16.8 Å². The van der Waals surface area contributed by atoms with Gasteiger partial charge in [-0.2, -0.15) is 4.99 Å². The minimum absolute atomic E-state index is 0.585. The molecule has 4 heteroatoms. The van der Waals surface area contributed by atoms with Crippen molar-refractivity contribution in [1.29, 1.82) is 0 Å². The van der Waals surface area contributed by atoms with Gasteiger partial charge in [-0.05, 0) is 35.4 Å². The molecule has 0 aliphatic heterocycles. The van der Waals surface area contributed by atoms with Crippen LogP contribution in [0, 0.1) is 0 Å². The molecule has 20 heavy (non-hydrogen) atoms. The lowest BCUT2D eigenvalue weighted by Crippen LogP contribution is -1.92. The minimum Gasteiger partial charge on any atom is -0.329 e. The van der Waals surface area contributed by atoms with Crippen molar-refractivity contribution >= 4 is 36.0 Å². The number of nitrogens with zero attached hydrogens (tertiary/aromatic N) is 1. The van der Waals surface area contributed by atoms with E-state index >= 15 is 0 Å². The number of carbonyl (C=O) groups is 1. The largest absolute Gasteiger partial charge is 0.329 e. The van der Waals surface area contributed by atoms with Gasteiger partial charge in [-0.25, -0.2) is 4.79 Å². The number of isocyanates is 1. The summed E-state index contributed by atoms with van der Waals surface area (Å²) in [7, 11) is 0. The van der Waals surface area contributed by atoms with Crippen molar-refractivity contribution in [2.45, 2.75) is 0 Å². The number of benzene rings is 2. The zero-order chi connectivity index (χ0) is 14.2. The SMILES string of the molecule is O=C=Nc1ccc(/C=C/c2ccc(NC=O)cc2)cc1. The van der Waals surface area contributed by atoms with E-state index in [1.807, 2.05) is 48.6 Å². The highest BCUT2D eigenvalue weighted by Gasteiger charge is 1.92. The smallest absolute Gasteiger partial charge is 0.240 e. The van der Waals surface area contributed by atoms with Crippen molar-refractivity contribution in [2.75, 3.05) is 5.32 Å². The lowest BCUT2D eigenvalue weighted by atomic mass is 10.1. The predicted molar refractivity (Wildman–Crippen MR) is 79.3 cm³/mol. The molecule has 2 aromatic carbocycles. The lowest BCUT2D eigenvalue weighted by Gasteiger charge is -1.99. The van der Waals surface area contributed by atoms with Gasteiger partial charge in [-0.3, -0.25) is 4.79 Å². The van der Waals surface area contributed by atoms with E-state index in [0.29, 0.717) is 12.1 Å². The van der Waals surface area contributed by atoms with E-state index in [2.05, 4.69) is 10.3 Å². The Labute approximate surface area is 116 Å². The number of rotatable bonds is 5. The van der Waals surface area contributed by atoms with Gasteiger partial charge in [-0.1, -0.05) is 36.4 Å². The molecule has 0 aromatic heterocycles. The highest BCUT2D eigenvalue weighted by Crippen LogP contribution is 2.15. The second kappa shape index (κ2) is 6.83. The summed E-state index contributed by atoms with van der Waals surface area (Å²) in [6.45, 7) is 0. The Bertz CT molecular complexity index is 652. The summed E-state index contributed by atoms with van der Waals surface area (Å²) in [4.78, 5) is 23.9. The van der Waals surface area contributed by atoms with Gasteiger partial charge < -0.3 is 5.32 Å². The Morgan fingerprint density at radius 2 is 1.45 bits per heavy atom. The summed E-state index contributed by atoms with van der Waals surface area (Å²) in [6.07, 6.45) is 6.07. The van der Waals surface area contributed by atoms with Crippen LogP contribution in [0.2, 0.25) is 0 Å². The molecule has 1 amide bonds. The van der Waals surface area contributed by atoms with Crippen LogP contribution in [0.1, 0.15) is 11.1 Å². The summed E-state index contributed by atoms with van der Waals surface area (Å²) < 4.78 is 0. The number of nitrogens with one attached hydrogen (secondary N) is 1. The molecule has 0 fully saturated rings. The molecule has 0 unspecified atom stereocenters. The zero-order valence-corrected chi connectivity index (χ0v) is 10.6. The van der Waals surface area contributed by atoms with Crippen molar-refractivity contribution in [3.63, 3.8) is 0 Å². The first-order valence-corrected chi connectivity index (χ1v) is 5.98. The van der Waals surface area contributed by atoms with Crippen molar-refractivity contribution in [2.24, 2.45) is 4.99 Å². The van der Waals surface area contributed by atoms with Gasteiger partial charge >= 0.3 is 0 Å². The average Bonchev–Trinajstić information content (AvgIpc) is 2.49. The van der Waals surface area contributed by atoms with Crippen LogP contribution in [0.4, 0.5) is 11.4 Å². The molecule has 2 aromatic rings. The fraction of sp³-hybridized carbons (Fsp3) is 0. The molecule has 0 atom stereocenters. The van der Waals surface area contributed by atoms with E-state index < -0.39 is 0 Å². The van der Waals surface area contributed by atoms with Crippen LogP contribution in [0.25, 0.3) is 12.2 Å². The van der Waals surface area contributed by atoms with E-state index in [4.69, 9.17) is 0 Å². The van der Waals surface area contributed by atoms with Crippen molar-refractivity contribution < 1.29 is 9.59 Å². The number of hydrogen-bond acceptors (Lipinski definition) is 3. The molecule has 0 bridgehead atoms. The molecule has 1 N–H and O–H groups in total. The number of anilines is 1. The maximum atomic E-state index is 10.3. The highest BCUT2D eigenvalue weighted by atomic mass is 16.1. The number of carbonyl (C=O) groups excluding carboxylic acids is 2. The molecule has 4 nitrogen and oxygen atoms in total. The Morgan fingerprint density at radius 1 is 0.900 bits per heavy atom. The van der Waals surface area contributed by atoms with Gasteiger partial charge in [0, 0.05) is 5.69 Å². The molecule has 0 spiro atoms. The topological polar surface area (TPSA) is 58.5 Å². The summed E-state index contributed by atoms with van der Waals surface area (Å²) in [5.41, 5.74) is 3.37. The minimum atomic E-state index is 0.585. The number of aliphatic imine (C=N–C) groups is 1. The molecular formula is C16H12N2O2. The highest BCUT2D eigenvalue weighted by molar-refractivity contribution is 5.74. The van der Waals surface area contributed by atoms with E-state index in [1.165, 1.54) is 6.08 Å². The Balaban J connectivity index is 2.08. The summed E-state index contributed by atoms with van der Waals surface area (Å²) >= 11 is 0. The summed E-state index contributed by atoms with van der Waals surface area (Å²) in [6, 6.07) is 14.7. The fourth-order valence-electron chi connectivity index (χ4n) is 1.66. The third-order valence-corrected chi connectivity index (χ3v) is 2.67. The molecule has 2 rings (SSSR count). The second-order valence-electron chi connectivity index (χ2n) is 4.01. The summed E-state index contributed by atoms with van der Waals surface area (Å²) in [5, 5.41) is 2.58. The Hall–Kier alpha value is -2.97. The Morgan fingerprint density at radius 3 is 1.95 bits per heavy atom. The van der Waals surface area contributed by atoms with E-state index in [9.17, 15) is 9.59 Å².